The molecule has 0 unspecified atom stereocenters. The van der Waals surface area contributed by atoms with Crippen LogP contribution in [0.2, 0.25) is 0 Å². The Bertz CT molecular complexity index is 1250. The van der Waals surface area contributed by atoms with Crippen molar-refractivity contribution in [1.29, 1.82) is 10.5 Å². The van der Waals surface area contributed by atoms with Crippen LogP contribution < -0.4 is 20.9 Å². The quantitative estimate of drug-likeness (QED) is 0.141. The highest BCUT2D eigenvalue weighted by atomic mass is 32.2. The highest BCUT2D eigenvalue weighted by Crippen LogP contribution is 2.24. The normalized spacial score (nSPS) is 10.8. The fourth-order valence-corrected chi connectivity index (χ4v) is 4.76. The van der Waals surface area contributed by atoms with Crippen LogP contribution in [0.4, 0.5) is 16.2 Å². The number of nitriles is 2. The van der Waals surface area contributed by atoms with Gasteiger partial charge in [-0.25, -0.2) is 13.2 Å². The number of amides is 2. The zero-order valence-electron chi connectivity index (χ0n) is 23.0. The first-order valence-corrected chi connectivity index (χ1v) is 15.5. The van der Waals surface area contributed by atoms with Crippen LogP contribution in [0.3, 0.4) is 0 Å². The Balaban J connectivity index is 1.87. The summed E-state index contributed by atoms with van der Waals surface area (Å²) in [6.45, 7) is 2.80. The fourth-order valence-electron chi connectivity index (χ4n) is 4.20. The summed E-state index contributed by atoms with van der Waals surface area (Å²) in [6, 6.07) is 13.7. The number of benzene rings is 2. The van der Waals surface area contributed by atoms with Crippen LogP contribution in [0.25, 0.3) is 0 Å². The Morgan fingerprint density at radius 3 is 1.97 bits per heavy atom. The number of urea groups is 1. The molecule has 4 N–H and O–H groups in total. The van der Waals surface area contributed by atoms with E-state index in [1.807, 2.05) is 12.1 Å². The maximum absolute atomic E-state index is 12.3. The van der Waals surface area contributed by atoms with E-state index in [1.54, 1.807) is 30.3 Å². The van der Waals surface area contributed by atoms with Crippen LogP contribution in [-0.4, -0.2) is 27.2 Å². The van der Waals surface area contributed by atoms with Gasteiger partial charge in [0.1, 0.15) is 12.1 Å². The van der Waals surface area contributed by atoms with Gasteiger partial charge in [-0.1, -0.05) is 76.8 Å². The molecule has 0 spiro atoms. The molecule has 210 valence electrons. The molecule has 0 radical (unpaired) electrons. The van der Waals surface area contributed by atoms with Gasteiger partial charge in [-0.2, -0.15) is 10.5 Å². The minimum atomic E-state index is -3.38. The van der Waals surface area contributed by atoms with E-state index in [2.05, 4.69) is 27.8 Å². The standard InChI is InChI=1S/C29H40N6O3S/c1-3-4-5-6-7-8-9-10-11-12-17-32-29(36)34-33-28-20-26(22-31)25(21-30)19-24(28)18-23-13-15-27(16-14-23)35-39(2,37)38/h13-16,19-20,33,35H,3-12,17-18H2,1-2H3,(H2,32,34,36). The van der Waals surface area contributed by atoms with Crippen molar-refractivity contribution in [3.8, 4) is 12.1 Å². The van der Waals surface area contributed by atoms with Crippen molar-refractivity contribution in [3.05, 3.63) is 58.7 Å². The lowest BCUT2D eigenvalue weighted by Gasteiger charge is -2.15. The third-order valence-electron chi connectivity index (χ3n) is 6.26. The third kappa shape index (κ3) is 12.6. The first kappa shape index (κ1) is 31.5. The van der Waals surface area contributed by atoms with E-state index in [0.29, 0.717) is 29.9 Å². The third-order valence-corrected chi connectivity index (χ3v) is 6.87. The predicted molar refractivity (Wildman–Crippen MR) is 156 cm³/mol. The van der Waals surface area contributed by atoms with Gasteiger partial charge >= 0.3 is 6.03 Å². The molecule has 2 amide bonds. The molecular weight excluding hydrogens is 512 g/mol. The van der Waals surface area contributed by atoms with Crippen molar-refractivity contribution in [1.82, 2.24) is 10.7 Å². The van der Waals surface area contributed by atoms with Crippen LogP contribution in [0, 0.1) is 22.7 Å². The number of anilines is 2. The summed E-state index contributed by atoms with van der Waals surface area (Å²) in [4.78, 5) is 12.3. The summed E-state index contributed by atoms with van der Waals surface area (Å²) in [5.74, 6) is 0. The Labute approximate surface area is 233 Å². The van der Waals surface area contributed by atoms with Gasteiger partial charge in [0.15, 0.2) is 0 Å². The number of rotatable bonds is 17. The van der Waals surface area contributed by atoms with Crippen molar-refractivity contribution < 1.29 is 13.2 Å². The number of unbranched alkanes of at least 4 members (excludes halogenated alkanes) is 9. The van der Waals surface area contributed by atoms with E-state index in [-0.39, 0.29) is 17.2 Å². The smallest absolute Gasteiger partial charge is 0.333 e. The highest BCUT2D eigenvalue weighted by molar-refractivity contribution is 7.92. The van der Waals surface area contributed by atoms with Gasteiger partial charge in [0.05, 0.1) is 23.1 Å². The minimum Gasteiger partial charge on any atom is -0.337 e. The van der Waals surface area contributed by atoms with Gasteiger partial charge in [-0.15, -0.1) is 0 Å². The lowest BCUT2D eigenvalue weighted by molar-refractivity contribution is 0.242. The van der Waals surface area contributed by atoms with E-state index in [9.17, 15) is 23.7 Å². The van der Waals surface area contributed by atoms with Crippen LogP contribution in [-0.2, 0) is 16.4 Å². The summed E-state index contributed by atoms with van der Waals surface area (Å²) in [5, 5.41) is 21.7. The van der Waals surface area contributed by atoms with Gasteiger partial charge in [0, 0.05) is 12.2 Å². The van der Waals surface area contributed by atoms with Gasteiger partial charge in [0.2, 0.25) is 10.0 Å². The molecular formula is C29H40N6O3S. The van der Waals surface area contributed by atoms with E-state index in [0.717, 1.165) is 24.7 Å². The molecule has 0 saturated heterocycles. The Morgan fingerprint density at radius 1 is 0.846 bits per heavy atom. The first-order valence-electron chi connectivity index (χ1n) is 13.6. The van der Waals surface area contributed by atoms with E-state index >= 15 is 0 Å². The number of nitrogens with zero attached hydrogens (tertiary/aromatic N) is 2. The van der Waals surface area contributed by atoms with E-state index in [1.165, 1.54) is 57.4 Å². The topological polar surface area (TPSA) is 147 Å². The molecule has 0 heterocycles. The molecule has 10 heteroatoms. The SMILES string of the molecule is CCCCCCCCCCCCNC(=O)NNc1cc(C#N)c(C#N)cc1Cc1ccc(NS(C)(=O)=O)cc1. The number of hydrogen-bond acceptors (Lipinski definition) is 6. The van der Waals surface area contributed by atoms with Crippen molar-refractivity contribution >= 4 is 27.4 Å². The largest absolute Gasteiger partial charge is 0.337 e. The lowest BCUT2D eigenvalue weighted by atomic mass is 9.98. The monoisotopic (exact) mass is 552 g/mol. The number of sulfonamides is 1. The molecule has 0 atom stereocenters. The number of nitrogens with one attached hydrogen (secondary N) is 4. The molecule has 2 rings (SSSR count). The zero-order valence-corrected chi connectivity index (χ0v) is 23.8. The Kier molecular flexibility index (Phi) is 13.7. The van der Waals surface area contributed by atoms with Gasteiger partial charge in [-0.3, -0.25) is 15.6 Å². The maximum Gasteiger partial charge on any atom is 0.333 e. The highest BCUT2D eigenvalue weighted by Gasteiger charge is 2.12. The van der Waals surface area contributed by atoms with Crippen molar-refractivity contribution in [2.24, 2.45) is 0 Å². The Morgan fingerprint density at radius 2 is 1.41 bits per heavy atom. The Hall–Kier alpha value is -3.76. The van der Waals surface area contributed by atoms with Crippen LogP contribution in [0.1, 0.15) is 93.4 Å². The first-order chi connectivity index (χ1) is 18.8. The van der Waals surface area contributed by atoms with Gasteiger partial charge < -0.3 is 5.32 Å². The summed E-state index contributed by atoms with van der Waals surface area (Å²) < 4.78 is 25.3. The average Bonchev–Trinajstić information content (AvgIpc) is 2.91. The molecule has 0 aromatic heterocycles. The van der Waals surface area contributed by atoms with Gasteiger partial charge in [0.25, 0.3) is 0 Å². The molecule has 2 aromatic carbocycles. The fraction of sp³-hybridized carbons (Fsp3) is 0.483. The van der Waals surface area contributed by atoms with Crippen molar-refractivity contribution in [2.75, 3.05) is 22.9 Å². The molecule has 0 saturated carbocycles. The molecule has 0 bridgehead atoms. The van der Waals surface area contributed by atoms with Crippen molar-refractivity contribution in [2.45, 2.75) is 77.6 Å². The summed E-state index contributed by atoms with van der Waals surface area (Å²) in [5.41, 5.74) is 8.42. The molecule has 9 nitrogen and oxygen atoms in total. The minimum absolute atomic E-state index is 0.198. The average molecular weight is 553 g/mol. The molecule has 0 fully saturated rings. The maximum atomic E-state index is 12.3. The molecule has 2 aromatic rings. The molecule has 0 aliphatic heterocycles. The second-order valence-corrected chi connectivity index (χ2v) is 11.5. The van der Waals surface area contributed by atoms with Crippen LogP contribution >= 0.6 is 0 Å². The molecule has 0 aliphatic rings. The number of hydrogen-bond donors (Lipinski definition) is 4. The lowest BCUT2D eigenvalue weighted by Crippen LogP contribution is -2.39. The van der Waals surface area contributed by atoms with Crippen LogP contribution in [0.15, 0.2) is 36.4 Å². The summed E-state index contributed by atoms with van der Waals surface area (Å²) in [7, 11) is -3.38. The molecule has 39 heavy (non-hydrogen) atoms. The summed E-state index contributed by atoms with van der Waals surface area (Å²) >= 11 is 0. The van der Waals surface area contributed by atoms with E-state index in [4.69, 9.17) is 0 Å². The second-order valence-electron chi connectivity index (χ2n) is 9.71. The number of carbonyl (C=O) groups is 1. The number of carbonyl (C=O) groups excluding carboxylic acids is 1. The van der Waals surface area contributed by atoms with Crippen molar-refractivity contribution in [3.63, 3.8) is 0 Å². The molecule has 0 aliphatic carbocycles. The second kappa shape index (κ2) is 17.0. The van der Waals surface area contributed by atoms with Crippen LogP contribution in [0.5, 0.6) is 0 Å². The summed E-state index contributed by atoms with van der Waals surface area (Å²) in [6.07, 6.45) is 13.7. The zero-order chi connectivity index (χ0) is 28.5. The predicted octanol–water partition coefficient (Wildman–Crippen LogP) is 5.94. The van der Waals surface area contributed by atoms with Gasteiger partial charge in [-0.05, 0) is 48.2 Å². The van der Waals surface area contributed by atoms with E-state index < -0.39 is 10.0 Å². The number of hydrazine groups is 1.